The van der Waals surface area contributed by atoms with Crippen molar-refractivity contribution in [1.82, 2.24) is 4.72 Å². The van der Waals surface area contributed by atoms with Crippen LogP contribution >= 0.6 is 0 Å². The van der Waals surface area contributed by atoms with E-state index in [1.807, 2.05) is 65.0 Å². The molecule has 0 saturated carbocycles. The van der Waals surface area contributed by atoms with Crippen LogP contribution in [0.2, 0.25) is 0 Å². The van der Waals surface area contributed by atoms with Crippen LogP contribution in [0.25, 0.3) is 6.08 Å². The first-order valence-electron chi connectivity index (χ1n) is 12.2. The number of aliphatic imine (C=N–C) groups is 1. The Labute approximate surface area is 216 Å². The van der Waals surface area contributed by atoms with E-state index in [0.29, 0.717) is 42.3 Å². The predicted molar refractivity (Wildman–Crippen MR) is 147 cm³/mol. The van der Waals surface area contributed by atoms with Gasteiger partial charge in [0.1, 0.15) is 22.9 Å². The van der Waals surface area contributed by atoms with Crippen LogP contribution in [0.5, 0.6) is 11.5 Å². The first kappa shape index (κ1) is 27.3. The molecule has 9 heteroatoms. The zero-order valence-electron chi connectivity index (χ0n) is 21.5. The van der Waals surface area contributed by atoms with E-state index in [-0.39, 0.29) is 11.4 Å². The number of rotatable bonds is 11. The number of carbonyl (C=O) groups excluding carboxylic acids is 1. The molecule has 1 aliphatic rings. The van der Waals surface area contributed by atoms with Crippen molar-refractivity contribution < 1.29 is 18.5 Å². The number of amidine groups is 1. The largest absolute Gasteiger partial charge is 0.490 e. The summed E-state index contributed by atoms with van der Waals surface area (Å²) in [6, 6.07) is 10.4. The Hall–Kier alpha value is -3.33. The van der Waals surface area contributed by atoms with E-state index in [1.165, 1.54) is 0 Å². The van der Waals surface area contributed by atoms with Crippen molar-refractivity contribution in [2.75, 3.05) is 11.9 Å². The van der Waals surface area contributed by atoms with Gasteiger partial charge in [-0.05, 0) is 81.1 Å². The maximum Gasteiger partial charge on any atom is 0.258 e. The van der Waals surface area contributed by atoms with Crippen LogP contribution in [0.1, 0.15) is 63.8 Å². The fourth-order valence-electron chi connectivity index (χ4n) is 3.66. The zero-order valence-corrected chi connectivity index (χ0v) is 22.4. The molecule has 0 aromatic heterocycles. The number of nitrogens with two attached hydrogens (primary N) is 1. The zero-order chi connectivity index (χ0) is 26.2. The Morgan fingerprint density at radius 2 is 1.92 bits per heavy atom. The summed E-state index contributed by atoms with van der Waals surface area (Å²) in [4.78, 5) is 17.6. The number of hydrogen-bond donors (Lipinski definition) is 3. The van der Waals surface area contributed by atoms with Gasteiger partial charge < -0.3 is 20.5 Å². The number of amides is 1. The standard InChI is InChI=1S/C27H36N4O4S/c1-6-18(5)36(33)31-27(32)26(21-9-11-23(35-17(3)4)24(15-21)34-7-2)30-22-10-8-19-16-25(28)29-13-12-20(19)14-22/h8-15,17-18,26,30H,6-7,16H2,1-5H3,(H2,28,29)(H,31,32). The maximum atomic E-state index is 13.4. The normalized spacial score (nSPS) is 15.2. The lowest BCUT2D eigenvalue weighted by molar-refractivity contribution is -0.120. The maximum absolute atomic E-state index is 13.4. The Balaban J connectivity index is 1.97. The van der Waals surface area contributed by atoms with Crippen LogP contribution in [0.4, 0.5) is 5.69 Å². The van der Waals surface area contributed by atoms with Gasteiger partial charge in [0.15, 0.2) is 11.5 Å². The molecule has 8 nitrogen and oxygen atoms in total. The van der Waals surface area contributed by atoms with E-state index < -0.39 is 22.9 Å². The smallest absolute Gasteiger partial charge is 0.258 e. The second-order valence-electron chi connectivity index (χ2n) is 8.89. The molecular formula is C27H36N4O4S. The molecule has 0 bridgehead atoms. The number of nitrogens with one attached hydrogen (secondary N) is 2. The van der Waals surface area contributed by atoms with Gasteiger partial charge in [-0.3, -0.25) is 9.52 Å². The Morgan fingerprint density at radius 1 is 1.14 bits per heavy atom. The molecule has 0 aliphatic carbocycles. The molecule has 0 radical (unpaired) electrons. The fraction of sp³-hybridized carbons (Fsp3) is 0.407. The Kier molecular flexibility index (Phi) is 9.52. The average molecular weight is 513 g/mol. The van der Waals surface area contributed by atoms with Crippen molar-refractivity contribution >= 4 is 34.5 Å². The predicted octanol–water partition coefficient (Wildman–Crippen LogP) is 4.49. The molecular weight excluding hydrogens is 476 g/mol. The Morgan fingerprint density at radius 3 is 2.61 bits per heavy atom. The second-order valence-corrected chi connectivity index (χ2v) is 10.5. The molecule has 1 heterocycles. The molecule has 36 heavy (non-hydrogen) atoms. The minimum atomic E-state index is -1.51. The third-order valence-electron chi connectivity index (χ3n) is 5.69. The third kappa shape index (κ3) is 7.10. The molecule has 194 valence electrons. The minimum Gasteiger partial charge on any atom is -0.490 e. The van der Waals surface area contributed by atoms with Gasteiger partial charge in [-0.15, -0.1) is 0 Å². The highest BCUT2D eigenvalue weighted by Crippen LogP contribution is 2.33. The van der Waals surface area contributed by atoms with E-state index in [0.717, 1.165) is 16.8 Å². The average Bonchev–Trinajstić information content (AvgIpc) is 3.03. The van der Waals surface area contributed by atoms with E-state index in [4.69, 9.17) is 15.2 Å². The lowest BCUT2D eigenvalue weighted by atomic mass is 10.0. The van der Waals surface area contributed by atoms with Gasteiger partial charge in [0, 0.05) is 18.3 Å². The summed E-state index contributed by atoms with van der Waals surface area (Å²) >= 11 is 0. The highest BCUT2D eigenvalue weighted by Gasteiger charge is 2.25. The molecule has 2 aromatic carbocycles. The van der Waals surface area contributed by atoms with E-state index in [9.17, 15) is 9.00 Å². The Bertz CT molecular complexity index is 1160. The van der Waals surface area contributed by atoms with E-state index >= 15 is 0 Å². The van der Waals surface area contributed by atoms with Crippen molar-refractivity contribution in [3.05, 3.63) is 59.3 Å². The van der Waals surface area contributed by atoms with Gasteiger partial charge in [-0.1, -0.05) is 19.1 Å². The molecule has 1 amide bonds. The highest BCUT2D eigenvalue weighted by molar-refractivity contribution is 7.84. The van der Waals surface area contributed by atoms with Crippen LogP contribution in [-0.4, -0.2) is 33.9 Å². The first-order chi connectivity index (χ1) is 17.2. The summed E-state index contributed by atoms with van der Waals surface area (Å²) in [6.45, 7) is 10.0. The van der Waals surface area contributed by atoms with Crippen molar-refractivity contribution in [3.8, 4) is 11.5 Å². The summed E-state index contributed by atoms with van der Waals surface area (Å²) in [5, 5.41) is 3.16. The molecule has 0 saturated heterocycles. The molecule has 3 rings (SSSR count). The van der Waals surface area contributed by atoms with Crippen molar-refractivity contribution in [2.24, 2.45) is 10.7 Å². The van der Waals surface area contributed by atoms with Gasteiger partial charge in [-0.2, -0.15) is 0 Å². The lowest BCUT2D eigenvalue weighted by Crippen LogP contribution is -2.37. The number of hydrogen-bond acceptors (Lipinski definition) is 7. The molecule has 0 spiro atoms. The molecule has 3 unspecified atom stereocenters. The number of ether oxygens (including phenoxy) is 2. The van der Waals surface area contributed by atoms with Gasteiger partial charge in [-0.25, -0.2) is 9.20 Å². The summed E-state index contributed by atoms with van der Waals surface area (Å²) in [7, 11) is -1.51. The summed E-state index contributed by atoms with van der Waals surface area (Å²) in [6.07, 6.45) is 4.76. The van der Waals surface area contributed by atoms with Gasteiger partial charge >= 0.3 is 0 Å². The van der Waals surface area contributed by atoms with Crippen molar-refractivity contribution in [1.29, 1.82) is 0 Å². The van der Waals surface area contributed by atoms with Gasteiger partial charge in [0.25, 0.3) is 5.91 Å². The molecule has 0 fully saturated rings. The summed E-state index contributed by atoms with van der Waals surface area (Å²) in [5.41, 5.74) is 9.32. The van der Waals surface area contributed by atoms with E-state index in [1.54, 1.807) is 18.3 Å². The van der Waals surface area contributed by atoms with Crippen LogP contribution in [-0.2, 0) is 22.2 Å². The van der Waals surface area contributed by atoms with Crippen molar-refractivity contribution in [3.63, 3.8) is 0 Å². The van der Waals surface area contributed by atoms with Crippen LogP contribution < -0.4 is 25.2 Å². The lowest BCUT2D eigenvalue weighted by Gasteiger charge is -2.23. The fourth-order valence-corrected chi connectivity index (χ4v) is 4.48. The number of fused-ring (bicyclic) bond motifs is 1. The second kappa shape index (κ2) is 12.6. The van der Waals surface area contributed by atoms with Crippen molar-refractivity contribution in [2.45, 2.75) is 64.9 Å². The minimum absolute atomic E-state index is 0.0316. The number of nitrogens with zero attached hydrogens (tertiary/aromatic N) is 1. The number of carbonyl (C=O) groups is 1. The molecule has 1 aliphatic heterocycles. The van der Waals surface area contributed by atoms with Crippen LogP contribution in [0.15, 0.2) is 47.6 Å². The van der Waals surface area contributed by atoms with Crippen LogP contribution in [0, 0.1) is 0 Å². The van der Waals surface area contributed by atoms with Gasteiger partial charge in [0.05, 0.1) is 18.0 Å². The number of anilines is 1. The molecule has 2 aromatic rings. The highest BCUT2D eigenvalue weighted by atomic mass is 32.2. The molecule has 3 atom stereocenters. The SMILES string of the molecule is CCOc1cc(C(Nc2ccc3c(c2)C=CN=C(N)C3)C(=O)NS(=O)C(C)CC)ccc1OC(C)C. The quantitative estimate of drug-likeness (QED) is 0.409. The first-order valence-corrected chi connectivity index (χ1v) is 13.5. The monoisotopic (exact) mass is 512 g/mol. The van der Waals surface area contributed by atoms with E-state index in [2.05, 4.69) is 15.0 Å². The number of benzene rings is 2. The third-order valence-corrected chi connectivity index (χ3v) is 7.16. The summed E-state index contributed by atoms with van der Waals surface area (Å²) in [5.74, 6) is 1.30. The molecule has 4 N–H and O–H groups in total. The van der Waals surface area contributed by atoms with Crippen LogP contribution in [0.3, 0.4) is 0 Å². The van der Waals surface area contributed by atoms with Gasteiger partial charge in [0.2, 0.25) is 0 Å². The summed E-state index contributed by atoms with van der Waals surface area (Å²) < 4.78 is 27.0. The topological polar surface area (TPSA) is 115 Å².